The largest absolute Gasteiger partial charge is 0.379 e. The van der Waals surface area contributed by atoms with Gasteiger partial charge >= 0.3 is 0 Å². The number of carbonyl (C=O) groups excluding carboxylic acids is 1. The topological polar surface area (TPSA) is 66.9 Å². The van der Waals surface area contributed by atoms with Gasteiger partial charge in [-0.25, -0.2) is 4.98 Å². The maximum atomic E-state index is 13.3. The summed E-state index contributed by atoms with van der Waals surface area (Å²) in [7, 11) is 0. The number of nitrogens with zero attached hydrogens (tertiary/aromatic N) is 3. The van der Waals surface area contributed by atoms with Crippen molar-refractivity contribution < 1.29 is 14.3 Å². The Labute approximate surface area is 191 Å². The molecule has 1 atom stereocenters. The summed E-state index contributed by atoms with van der Waals surface area (Å²) in [5.41, 5.74) is 1.52. The zero-order chi connectivity index (χ0) is 21.8. The molecular weight excluding hydrogens is 424 g/mol. The molecule has 0 spiro atoms. The van der Waals surface area contributed by atoms with E-state index in [0.717, 1.165) is 49.6 Å². The second kappa shape index (κ2) is 9.95. The number of hydrogen-bond acceptors (Lipinski definition) is 7. The highest BCUT2D eigenvalue weighted by Gasteiger charge is 2.25. The van der Waals surface area contributed by atoms with Crippen molar-refractivity contribution in [3.05, 3.63) is 58.3 Å². The molecule has 0 bridgehead atoms. The number of nitrogens with one attached hydrogen (secondary N) is 1. The second-order valence-corrected chi connectivity index (χ2v) is 9.02. The van der Waals surface area contributed by atoms with Gasteiger partial charge in [0.1, 0.15) is 5.82 Å². The molecule has 3 aromatic rings. The van der Waals surface area contributed by atoms with E-state index in [1.165, 1.54) is 4.88 Å². The molecule has 0 radical (unpaired) electrons. The molecule has 7 nitrogen and oxygen atoms in total. The number of hydrogen-bond donors (Lipinski definition) is 1. The molecule has 2 saturated heterocycles. The van der Waals surface area contributed by atoms with Crippen LogP contribution in [0.25, 0.3) is 10.9 Å². The highest BCUT2D eigenvalue weighted by atomic mass is 32.1. The molecule has 8 heteroatoms. The third kappa shape index (κ3) is 4.63. The normalized spacial score (nSPS) is 18.6. The van der Waals surface area contributed by atoms with Crippen LogP contribution < -0.4 is 5.32 Å². The Morgan fingerprint density at radius 3 is 2.53 bits per heavy atom. The van der Waals surface area contributed by atoms with Crippen LogP contribution in [0, 0.1) is 0 Å². The number of aromatic nitrogens is 1. The van der Waals surface area contributed by atoms with E-state index >= 15 is 0 Å². The number of rotatable bonds is 6. The van der Waals surface area contributed by atoms with Crippen molar-refractivity contribution in [3.63, 3.8) is 0 Å². The fraction of sp³-hybridized carbons (Fsp3) is 0.417. The van der Waals surface area contributed by atoms with Crippen LogP contribution in [0.5, 0.6) is 0 Å². The Bertz CT molecular complexity index is 1050. The lowest BCUT2D eigenvalue weighted by Crippen LogP contribution is -2.41. The highest BCUT2D eigenvalue weighted by Crippen LogP contribution is 2.28. The van der Waals surface area contributed by atoms with Gasteiger partial charge in [-0.3, -0.25) is 9.69 Å². The van der Waals surface area contributed by atoms with Crippen molar-refractivity contribution in [2.45, 2.75) is 6.04 Å². The van der Waals surface area contributed by atoms with Gasteiger partial charge in [0.05, 0.1) is 43.5 Å². The summed E-state index contributed by atoms with van der Waals surface area (Å²) in [5.74, 6) is 0.771. The number of fused-ring (bicyclic) bond motifs is 1. The zero-order valence-electron chi connectivity index (χ0n) is 18.0. The maximum absolute atomic E-state index is 13.3. The molecule has 1 N–H and O–H groups in total. The monoisotopic (exact) mass is 452 g/mol. The Morgan fingerprint density at radius 2 is 1.78 bits per heavy atom. The average Bonchev–Trinajstić information content (AvgIpc) is 3.39. The predicted molar refractivity (Wildman–Crippen MR) is 126 cm³/mol. The number of para-hydroxylation sites is 1. The lowest BCUT2D eigenvalue weighted by atomic mass is 10.1. The molecule has 2 fully saturated rings. The first-order valence-electron chi connectivity index (χ1n) is 11.2. The van der Waals surface area contributed by atoms with Gasteiger partial charge in [-0.15, -0.1) is 11.3 Å². The maximum Gasteiger partial charge on any atom is 0.254 e. The van der Waals surface area contributed by atoms with Gasteiger partial charge in [-0.1, -0.05) is 24.3 Å². The molecule has 2 aromatic heterocycles. The van der Waals surface area contributed by atoms with Crippen molar-refractivity contribution in [2.75, 3.05) is 64.5 Å². The van der Waals surface area contributed by atoms with E-state index in [2.05, 4.69) is 27.7 Å². The van der Waals surface area contributed by atoms with Gasteiger partial charge in [-0.05, 0) is 23.6 Å². The minimum atomic E-state index is 0.0398. The summed E-state index contributed by atoms with van der Waals surface area (Å²) in [6.45, 7) is 6.47. The molecule has 4 heterocycles. The Kier molecular flexibility index (Phi) is 6.64. The number of pyridine rings is 1. The molecular formula is C24H28N4O3S. The van der Waals surface area contributed by atoms with E-state index in [1.807, 2.05) is 35.2 Å². The Morgan fingerprint density at radius 1 is 1.03 bits per heavy atom. The molecule has 168 valence electrons. The molecule has 1 unspecified atom stereocenters. The van der Waals surface area contributed by atoms with E-state index in [-0.39, 0.29) is 11.9 Å². The Balaban J connectivity index is 1.41. The number of carbonyl (C=O) groups is 1. The first-order chi connectivity index (χ1) is 15.8. The van der Waals surface area contributed by atoms with Gasteiger partial charge in [0.2, 0.25) is 0 Å². The van der Waals surface area contributed by atoms with Gasteiger partial charge < -0.3 is 19.7 Å². The van der Waals surface area contributed by atoms with Crippen LogP contribution in [0.3, 0.4) is 0 Å². The number of amides is 1. The minimum Gasteiger partial charge on any atom is -0.379 e. The number of morpholine rings is 2. The summed E-state index contributed by atoms with van der Waals surface area (Å²) in [4.78, 5) is 23.8. The highest BCUT2D eigenvalue weighted by molar-refractivity contribution is 7.10. The molecule has 5 rings (SSSR count). The molecule has 32 heavy (non-hydrogen) atoms. The fourth-order valence-electron chi connectivity index (χ4n) is 4.36. The fourth-order valence-corrected chi connectivity index (χ4v) is 5.22. The van der Waals surface area contributed by atoms with E-state index < -0.39 is 0 Å². The van der Waals surface area contributed by atoms with E-state index in [0.29, 0.717) is 31.9 Å². The predicted octanol–water partition coefficient (Wildman–Crippen LogP) is 3.25. The van der Waals surface area contributed by atoms with Crippen molar-refractivity contribution >= 4 is 34.0 Å². The second-order valence-electron chi connectivity index (χ2n) is 8.04. The summed E-state index contributed by atoms with van der Waals surface area (Å²) in [5, 5.41) is 6.55. The van der Waals surface area contributed by atoms with Crippen LogP contribution in [0.1, 0.15) is 21.3 Å². The van der Waals surface area contributed by atoms with Crippen molar-refractivity contribution in [1.29, 1.82) is 0 Å². The zero-order valence-corrected chi connectivity index (χ0v) is 18.9. The van der Waals surface area contributed by atoms with Crippen LogP contribution in [0.15, 0.2) is 47.8 Å². The lowest BCUT2D eigenvalue weighted by molar-refractivity contribution is 0.0194. The third-order valence-electron chi connectivity index (χ3n) is 6.08. The van der Waals surface area contributed by atoms with Gasteiger partial charge in [0.25, 0.3) is 5.91 Å². The van der Waals surface area contributed by atoms with E-state index in [1.54, 1.807) is 11.3 Å². The first-order valence-corrected chi connectivity index (χ1v) is 12.0. The van der Waals surface area contributed by atoms with Crippen molar-refractivity contribution in [2.24, 2.45) is 0 Å². The van der Waals surface area contributed by atoms with Crippen molar-refractivity contribution in [1.82, 2.24) is 14.8 Å². The summed E-state index contributed by atoms with van der Waals surface area (Å²) in [6.07, 6.45) is 0. The quantitative estimate of drug-likeness (QED) is 0.619. The standard InChI is InChI=1S/C24H28N4O3S/c29-24(28-9-13-31-14-10-28)19-16-23(26-20-5-2-1-4-18(19)20)25-17-21(22-6-3-15-32-22)27-7-11-30-12-8-27/h1-6,15-16,21H,7-14,17H2,(H,25,26). The van der Waals surface area contributed by atoms with Crippen LogP contribution >= 0.6 is 11.3 Å². The van der Waals surface area contributed by atoms with Gasteiger partial charge in [-0.2, -0.15) is 0 Å². The summed E-state index contributed by atoms with van der Waals surface area (Å²) < 4.78 is 11.0. The third-order valence-corrected chi connectivity index (χ3v) is 7.05. The summed E-state index contributed by atoms with van der Waals surface area (Å²) >= 11 is 1.77. The Hall–Kier alpha value is -2.52. The van der Waals surface area contributed by atoms with Gasteiger partial charge in [0, 0.05) is 43.0 Å². The van der Waals surface area contributed by atoms with Crippen LogP contribution in [-0.2, 0) is 9.47 Å². The van der Waals surface area contributed by atoms with Crippen molar-refractivity contribution in [3.8, 4) is 0 Å². The average molecular weight is 453 g/mol. The molecule has 0 saturated carbocycles. The summed E-state index contributed by atoms with van der Waals surface area (Å²) in [6, 6.07) is 14.3. The molecule has 1 amide bonds. The first kappa shape index (κ1) is 21.3. The van der Waals surface area contributed by atoms with Crippen LogP contribution in [0.4, 0.5) is 5.82 Å². The lowest BCUT2D eigenvalue weighted by Gasteiger charge is -2.34. The van der Waals surface area contributed by atoms with Gasteiger partial charge in [0.15, 0.2) is 0 Å². The van der Waals surface area contributed by atoms with Crippen LogP contribution in [0.2, 0.25) is 0 Å². The molecule has 2 aliphatic heterocycles. The number of benzene rings is 1. The molecule has 2 aliphatic rings. The number of ether oxygens (including phenoxy) is 2. The van der Waals surface area contributed by atoms with Crippen LogP contribution in [-0.4, -0.2) is 79.8 Å². The van der Waals surface area contributed by atoms with E-state index in [9.17, 15) is 4.79 Å². The number of anilines is 1. The molecule has 0 aliphatic carbocycles. The number of thiophene rings is 1. The minimum absolute atomic E-state index is 0.0398. The van der Waals surface area contributed by atoms with E-state index in [4.69, 9.17) is 14.5 Å². The smallest absolute Gasteiger partial charge is 0.254 e. The SMILES string of the molecule is O=C(c1cc(NCC(c2cccs2)N2CCOCC2)nc2ccccc12)N1CCOCC1. The molecule has 1 aromatic carbocycles.